The zero-order chi connectivity index (χ0) is 9.26. The second kappa shape index (κ2) is 3.27. The molecule has 2 nitrogen and oxygen atoms in total. The molecule has 0 unspecified atom stereocenters. The molecule has 1 heterocycles. The van der Waals surface area contributed by atoms with Crippen LogP contribution in [0.3, 0.4) is 0 Å². The van der Waals surface area contributed by atoms with E-state index in [2.05, 4.69) is 6.07 Å². The van der Waals surface area contributed by atoms with Gasteiger partial charge in [0, 0.05) is 17.0 Å². The first-order valence-corrected chi connectivity index (χ1v) is 4.50. The van der Waals surface area contributed by atoms with Gasteiger partial charge in [-0.15, -0.1) is 0 Å². The van der Waals surface area contributed by atoms with E-state index in [0.29, 0.717) is 18.1 Å². The number of nitrogens with zero attached hydrogens (tertiary/aromatic N) is 1. The molecule has 66 valence electrons. The molecule has 0 aliphatic carbocycles. The van der Waals surface area contributed by atoms with Crippen LogP contribution in [0, 0.1) is 11.3 Å². The van der Waals surface area contributed by atoms with Gasteiger partial charge < -0.3 is 4.74 Å². The van der Waals surface area contributed by atoms with Gasteiger partial charge in [0.15, 0.2) is 0 Å². The number of nitriles is 1. The fourth-order valence-corrected chi connectivity index (χ4v) is 1.83. The molecule has 2 rings (SSSR count). The lowest BCUT2D eigenvalue weighted by Crippen LogP contribution is -1.91. The summed E-state index contributed by atoms with van der Waals surface area (Å²) in [5.74, 6) is 0.884. The molecule has 13 heavy (non-hydrogen) atoms. The number of ether oxygens (including phenoxy) is 1. The Morgan fingerprint density at radius 2 is 2.38 bits per heavy atom. The standard InChI is InChI=1S/C10H8ClNO/c11-9-1-2-10-8(4-6-13-10)7(9)3-5-12/h1-2H,3-4,6H2. The zero-order valence-electron chi connectivity index (χ0n) is 7.01. The molecule has 0 fully saturated rings. The number of hydrogen-bond acceptors (Lipinski definition) is 2. The van der Waals surface area contributed by atoms with Crippen LogP contribution < -0.4 is 4.74 Å². The fraction of sp³-hybridized carbons (Fsp3) is 0.300. The van der Waals surface area contributed by atoms with E-state index in [1.165, 1.54) is 0 Å². The highest BCUT2D eigenvalue weighted by Gasteiger charge is 2.17. The summed E-state index contributed by atoms with van der Waals surface area (Å²) in [6.45, 7) is 0.702. The first kappa shape index (κ1) is 8.40. The van der Waals surface area contributed by atoms with Gasteiger partial charge in [-0.05, 0) is 17.7 Å². The minimum Gasteiger partial charge on any atom is -0.493 e. The van der Waals surface area contributed by atoms with Gasteiger partial charge in [0.25, 0.3) is 0 Å². The topological polar surface area (TPSA) is 33.0 Å². The monoisotopic (exact) mass is 193 g/mol. The molecule has 1 aliphatic heterocycles. The van der Waals surface area contributed by atoms with Crippen molar-refractivity contribution in [3.05, 3.63) is 28.3 Å². The molecule has 1 aromatic rings. The van der Waals surface area contributed by atoms with Crippen molar-refractivity contribution < 1.29 is 4.74 Å². The van der Waals surface area contributed by atoms with Crippen molar-refractivity contribution in [2.24, 2.45) is 0 Å². The van der Waals surface area contributed by atoms with E-state index < -0.39 is 0 Å². The second-order valence-electron chi connectivity index (χ2n) is 2.94. The summed E-state index contributed by atoms with van der Waals surface area (Å²) in [6.07, 6.45) is 1.23. The maximum absolute atomic E-state index is 8.63. The van der Waals surface area contributed by atoms with Crippen molar-refractivity contribution in [1.29, 1.82) is 5.26 Å². The summed E-state index contributed by atoms with van der Waals surface area (Å²) in [7, 11) is 0. The Labute approximate surface area is 81.7 Å². The lowest BCUT2D eigenvalue weighted by atomic mass is 10.0. The highest BCUT2D eigenvalue weighted by molar-refractivity contribution is 6.31. The highest BCUT2D eigenvalue weighted by atomic mass is 35.5. The SMILES string of the molecule is N#CCc1c(Cl)ccc2c1CCO2. The predicted octanol–water partition coefficient (Wildman–Crippen LogP) is 2.34. The van der Waals surface area contributed by atoms with Gasteiger partial charge >= 0.3 is 0 Å². The van der Waals surface area contributed by atoms with Crippen LogP contribution >= 0.6 is 11.6 Å². The molecule has 0 atom stereocenters. The summed E-state index contributed by atoms with van der Waals surface area (Å²) >= 11 is 5.98. The van der Waals surface area contributed by atoms with Gasteiger partial charge in [0.1, 0.15) is 5.75 Å². The summed E-state index contributed by atoms with van der Waals surface area (Å²) in [5.41, 5.74) is 2.04. The molecule has 1 aromatic carbocycles. The van der Waals surface area contributed by atoms with Crippen LogP contribution in [0.4, 0.5) is 0 Å². The van der Waals surface area contributed by atoms with E-state index in [4.69, 9.17) is 21.6 Å². The van der Waals surface area contributed by atoms with Gasteiger partial charge in [-0.3, -0.25) is 0 Å². The quantitative estimate of drug-likeness (QED) is 0.686. The molecule has 0 saturated heterocycles. The first-order valence-electron chi connectivity index (χ1n) is 4.13. The Morgan fingerprint density at radius 1 is 1.54 bits per heavy atom. The van der Waals surface area contributed by atoms with Gasteiger partial charge in [0.2, 0.25) is 0 Å². The molecule has 0 aromatic heterocycles. The maximum Gasteiger partial charge on any atom is 0.123 e. The molecule has 3 heteroatoms. The average molecular weight is 194 g/mol. The third-order valence-corrected chi connectivity index (χ3v) is 2.55. The number of hydrogen-bond donors (Lipinski definition) is 0. The molecular weight excluding hydrogens is 186 g/mol. The van der Waals surface area contributed by atoms with Crippen LogP contribution in [0.25, 0.3) is 0 Å². The summed E-state index contributed by atoms with van der Waals surface area (Å²) in [6, 6.07) is 5.77. The zero-order valence-corrected chi connectivity index (χ0v) is 7.77. The fourth-order valence-electron chi connectivity index (χ4n) is 1.59. The normalized spacial score (nSPS) is 13.2. The minimum atomic E-state index is 0.366. The molecule has 0 amide bonds. The first-order chi connectivity index (χ1) is 6.33. The summed E-state index contributed by atoms with van der Waals surface area (Å²) in [5, 5.41) is 9.30. The number of benzene rings is 1. The van der Waals surface area contributed by atoms with Crippen molar-refractivity contribution in [1.82, 2.24) is 0 Å². The van der Waals surface area contributed by atoms with Gasteiger partial charge in [-0.2, -0.15) is 5.26 Å². The predicted molar refractivity (Wildman–Crippen MR) is 50.0 cm³/mol. The van der Waals surface area contributed by atoms with Crippen LogP contribution in [0.1, 0.15) is 11.1 Å². The molecule has 0 N–H and O–H groups in total. The van der Waals surface area contributed by atoms with E-state index in [-0.39, 0.29) is 0 Å². The van der Waals surface area contributed by atoms with E-state index in [1.807, 2.05) is 6.07 Å². The highest BCUT2D eigenvalue weighted by Crippen LogP contribution is 2.33. The van der Waals surface area contributed by atoms with E-state index in [1.54, 1.807) is 6.07 Å². The van der Waals surface area contributed by atoms with Crippen LogP contribution in [-0.2, 0) is 12.8 Å². The summed E-state index contributed by atoms with van der Waals surface area (Å²) in [4.78, 5) is 0. The van der Waals surface area contributed by atoms with E-state index >= 15 is 0 Å². The average Bonchev–Trinajstić information content (AvgIpc) is 2.58. The third-order valence-electron chi connectivity index (χ3n) is 2.20. The molecule has 0 radical (unpaired) electrons. The smallest absolute Gasteiger partial charge is 0.123 e. The number of rotatable bonds is 1. The van der Waals surface area contributed by atoms with Gasteiger partial charge in [-0.25, -0.2) is 0 Å². The van der Waals surface area contributed by atoms with Crippen molar-refractivity contribution in [2.45, 2.75) is 12.8 Å². The lowest BCUT2D eigenvalue weighted by Gasteiger charge is -2.05. The van der Waals surface area contributed by atoms with Crippen molar-refractivity contribution in [3.8, 4) is 11.8 Å². The Hall–Kier alpha value is -1.20. The largest absolute Gasteiger partial charge is 0.493 e. The molecule has 0 saturated carbocycles. The number of fused-ring (bicyclic) bond motifs is 1. The van der Waals surface area contributed by atoms with Crippen molar-refractivity contribution in [2.75, 3.05) is 6.61 Å². The van der Waals surface area contributed by atoms with E-state index in [0.717, 1.165) is 23.3 Å². The Balaban J connectivity index is 2.53. The molecule has 0 spiro atoms. The Bertz CT molecular complexity index is 381. The molecular formula is C10H8ClNO. The third kappa shape index (κ3) is 1.36. The lowest BCUT2D eigenvalue weighted by molar-refractivity contribution is 0.357. The van der Waals surface area contributed by atoms with Crippen LogP contribution in [0.15, 0.2) is 12.1 Å². The van der Waals surface area contributed by atoms with Gasteiger partial charge in [0.05, 0.1) is 19.1 Å². The van der Waals surface area contributed by atoms with E-state index in [9.17, 15) is 0 Å². The molecule has 1 aliphatic rings. The van der Waals surface area contributed by atoms with Crippen molar-refractivity contribution in [3.63, 3.8) is 0 Å². The maximum atomic E-state index is 8.63. The van der Waals surface area contributed by atoms with Crippen LogP contribution in [-0.4, -0.2) is 6.61 Å². The summed E-state index contributed by atoms with van der Waals surface area (Å²) < 4.78 is 5.37. The number of halogens is 1. The molecule has 0 bridgehead atoms. The Morgan fingerprint density at radius 3 is 3.15 bits per heavy atom. The second-order valence-corrected chi connectivity index (χ2v) is 3.34. The van der Waals surface area contributed by atoms with Crippen LogP contribution in [0.2, 0.25) is 5.02 Å². The van der Waals surface area contributed by atoms with Crippen molar-refractivity contribution >= 4 is 11.6 Å². The minimum absolute atomic E-state index is 0.366. The Kier molecular flexibility index (Phi) is 2.12. The van der Waals surface area contributed by atoms with Crippen LogP contribution in [0.5, 0.6) is 5.75 Å². The van der Waals surface area contributed by atoms with Gasteiger partial charge in [-0.1, -0.05) is 11.6 Å².